The van der Waals surface area contributed by atoms with Gasteiger partial charge in [0.25, 0.3) is 11.8 Å². The fourth-order valence-electron chi connectivity index (χ4n) is 3.97. The zero-order chi connectivity index (χ0) is 21.8. The first-order valence-corrected chi connectivity index (χ1v) is 10.3. The van der Waals surface area contributed by atoms with Crippen LogP contribution in [0.5, 0.6) is 11.5 Å². The quantitative estimate of drug-likeness (QED) is 0.638. The molecule has 2 aromatic carbocycles. The second-order valence-electron chi connectivity index (χ2n) is 7.38. The maximum absolute atomic E-state index is 13.5. The Morgan fingerprint density at radius 3 is 2.29 bits per heavy atom. The van der Waals surface area contributed by atoms with Gasteiger partial charge in [-0.3, -0.25) is 14.5 Å². The fraction of sp³-hybridized carbons (Fsp3) is 0.333. The van der Waals surface area contributed by atoms with Gasteiger partial charge in [0.05, 0.1) is 33.0 Å². The molecule has 7 heteroatoms. The van der Waals surface area contributed by atoms with Crippen LogP contribution < -0.4 is 9.47 Å². The summed E-state index contributed by atoms with van der Waals surface area (Å²) < 4.78 is 16.1. The first kappa shape index (κ1) is 20.9. The number of hydrogen-bond acceptors (Lipinski definition) is 6. The number of carbonyl (C=O) groups is 2. The molecule has 2 aliphatic heterocycles. The number of ether oxygens (including phenoxy) is 3. The Balaban J connectivity index is 1.64. The lowest BCUT2D eigenvalue weighted by atomic mass is 10.0. The molecule has 0 aliphatic carbocycles. The average Bonchev–Trinajstić information content (AvgIpc) is 3.07. The van der Waals surface area contributed by atoms with E-state index in [1.807, 2.05) is 47.4 Å². The molecule has 0 unspecified atom stereocenters. The van der Waals surface area contributed by atoms with E-state index in [1.54, 1.807) is 20.3 Å². The molecule has 0 radical (unpaired) electrons. The number of morpholine rings is 1. The fourth-order valence-corrected chi connectivity index (χ4v) is 3.97. The average molecular weight is 422 g/mol. The van der Waals surface area contributed by atoms with Crippen molar-refractivity contribution in [3.05, 3.63) is 65.4 Å². The van der Waals surface area contributed by atoms with Gasteiger partial charge in [-0.1, -0.05) is 30.3 Å². The lowest BCUT2D eigenvalue weighted by Crippen LogP contribution is -2.40. The molecule has 2 amide bonds. The summed E-state index contributed by atoms with van der Waals surface area (Å²) in [5.74, 6) is 0.791. The zero-order valence-corrected chi connectivity index (χ0v) is 17.8. The van der Waals surface area contributed by atoms with Crippen molar-refractivity contribution in [2.75, 3.05) is 47.1 Å². The number of rotatable bonds is 7. The lowest BCUT2D eigenvalue weighted by Gasteiger charge is -2.29. The summed E-state index contributed by atoms with van der Waals surface area (Å²) in [6, 6.07) is 15.0. The van der Waals surface area contributed by atoms with E-state index >= 15 is 0 Å². The van der Waals surface area contributed by atoms with Gasteiger partial charge in [0, 0.05) is 25.2 Å². The van der Waals surface area contributed by atoms with Crippen LogP contribution >= 0.6 is 0 Å². The lowest BCUT2D eigenvalue weighted by molar-refractivity contribution is -0.137. The molecule has 0 bridgehead atoms. The molecule has 0 spiro atoms. The highest BCUT2D eigenvalue weighted by Crippen LogP contribution is 2.36. The molecule has 0 atom stereocenters. The summed E-state index contributed by atoms with van der Waals surface area (Å²) in [6.07, 6.45) is 0.567. The van der Waals surface area contributed by atoms with Crippen molar-refractivity contribution in [1.29, 1.82) is 0 Å². The molecule has 2 aromatic rings. The second kappa shape index (κ2) is 9.22. The predicted octanol–water partition coefficient (Wildman–Crippen LogP) is 2.36. The van der Waals surface area contributed by atoms with Crippen LogP contribution in [0, 0.1) is 0 Å². The van der Waals surface area contributed by atoms with Gasteiger partial charge in [-0.05, 0) is 30.2 Å². The Kier molecular flexibility index (Phi) is 6.23. The van der Waals surface area contributed by atoms with Crippen LogP contribution in [0.3, 0.4) is 0 Å². The number of para-hydroxylation sites is 1. The van der Waals surface area contributed by atoms with Crippen LogP contribution in [0.4, 0.5) is 0 Å². The molecule has 7 nitrogen and oxygen atoms in total. The summed E-state index contributed by atoms with van der Waals surface area (Å²) in [5.41, 5.74) is 2.50. The van der Waals surface area contributed by atoms with Gasteiger partial charge in [-0.15, -0.1) is 0 Å². The Morgan fingerprint density at radius 2 is 1.61 bits per heavy atom. The van der Waals surface area contributed by atoms with E-state index in [9.17, 15) is 9.59 Å². The third-order valence-corrected chi connectivity index (χ3v) is 5.63. The van der Waals surface area contributed by atoms with E-state index in [2.05, 4.69) is 0 Å². The molecule has 31 heavy (non-hydrogen) atoms. The molecule has 1 saturated heterocycles. The topological polar surface area (TPSA) is 68.3 Å². The van der Waals surface area contributed by atoms with Crippen molar-refractivity contribution < 1.29 is 23.8 Å². The van der Waals surface area contributed by atoms with Crippen LogP contribution in [0.1, 0.15) is 11.1 Å². The van der Waals surface area contributed by atoms with Gasteiger partial charge in [-0.25, -0.2) is 0 Å². The van der Waals surface area contributed by atoms with Gasteiger partial charge >= 0.3 is 0 Å². The molecule has 4 rings (SSSR count). The van der Waals surface area contributed by atoms with E-state index in [0.29, 0.717) is 61.9 Å². The maximum atomic E-state index is 13.5. The molecule has 162 valence electrons. The Labute approximate surface area is 181 Å². The van der Waals surface area contributed by atoms with Crippen molar-refractivity contribution in [3.8, 4) is 11.5 Å². The Bertz CT molecular complexity index is 993. The molecule has 0 aromatic heterocycles. The minimum atomic E-state index is -0.287. The van der Waals surface area contributed by atoms with E-state index in [0.717, 1.165) is 11.3 Å². The largest absolute Gasteiger partial charge is 0.497 e. The summed E-state index contributed by atoms with van der Waals surface area (Å²) in [6.45, 7) is 2.49. The zero-order valence-electron chi connectivity index (χ0n) is 17.8. The highest BCUT2D eigenvalue weighted by atomic mass is 16.5. The molecule has 2 aliphatic rings. The predicted molar refractivity (Wildman–Crippen MR) is 116 cm³/mol. The maximum Gasteiger partial charge on any atom is 0.277 e. The van der Waals surface area contributed by atoms with Crippen LogP contribution in [0.25, 0.3) is 5.57 Å². The van der Waals surface area contributed by atoms with E-state index in [1.165, 1.54) is 4.90 Å². The summed E-state index contributed by atoms with van der Waals surface area (Å²) in [4.78, 5) is 30.2. The van der Waals surface area contributed by atoms with Crippen LogP contribution in [0.15, 0.2) is 54.2 Å². The highest BCUT2D eigenvalue weighted by molar-refractivity contribution is 6.36. The van der Waals surface area contributed by atoms with E-state index < -0.39 is 0 Å². The molecular weight excluding hydrogens is 396 g/mol. The van der Waals surface area contributed by atoms with Gasteiger partial charge in [0.1, 0.15) is 17.2 Å². The normalized spacial score (nSPS) is 16.8. The van der Waals surface area contributed by atoms with Crippen molar-refractivity contribution in [2.24, 2.45) is 0 Å². The Morgan fingerprint density at radius 1 is 0.903 bits per heavy atom. The van der Waals surface area contributed by atoms with Gasteiger partial charge < -0.3 is 19.1 Å². The van der Waals surface area contributed by atoms with E-state index in [4.69, 9.17) is 14.2 Å². The van der Waals surface area contributed by atoms with Crippen LogP contribution in [-0.4, -0.2) is 68.7 Å². The number of benzene rings is 2. The van der Waals surface area contributed by atoms with Gasteiger partial charge in [-0.2, -0.15) is 0 Å². The minimum Gasteiger partial charge on any atom is -0.497 e. The van der Waals surface area contributed by atoms with Crippen molar-refractivity contribution in [2.45, 2.75) is 6.42 Å². The van der Waals surface area contributed by atoms with Crippen molar-refractivity contribution in [1.82, 2.24) is 9.80 Å². The molecule has 0 N–H and O–H groups in total. The standard InChI is InChI=1S/C24H26N2O5/c1-29-18-9-7-17(8-10-18)11-12-26-23(27)21(19-5-3-4-6-20(19)30-2)22(24(26)28)25-13-15-31-16-14-25/h3-10H,11-16H2,1-2H3. The number of nitrogens with zero attached hydrogens (tertiary/aromatic N) is 2. The first-order chi connectivity index (χ1) is 15.1. The van der Waals surface area contributed by atoms with Gasteiger partial charge in [0.2, 0.25) is 0 Å². The third kappa shape index (κ3) is 4.14. The molecule has 2 heterocycles. The molecule has 1 fully saturated rings. The molecular formula is C24H26N2O5. The SMILES string of the molecule is COc1ccc(CCN2C(=O)C(c3ccccc3OC)=C(N3CCOCC3)C2=O)cc1. The van der Waals surface area contributed by atoms with Crippen molar-refractivity contribution >= 4 is 17.4 Å². The first-order valence-electron chi connectivity index (χ1n) is 10.3. The van der Waals surface area contributed by atoms with Crippen LogP contribution in [0.2, 0.25) is 0 Å². The number of carbonyl (C=O) groups excluding carboxylic acids is 2. The number of imide groups is 1. The van der Waals surface area contributed by atoms with Gasteiger partial charge in [0.15, 0.2) is 0 Å². The summed E-state index contributed by atoms with van der Waals surface area (Å²) in [7, 11) is 3.19. The monoisotopic (exact) mass is 422 g/mol. The number of amides is 2. The Hall–Kier alpha value is -3.32. The van der Waals surface area contributed by atoms with Crippen LogP contribution in [-0.2, 0) is 20.7 Å². The second-order valence-corrected chi connectivity index (χ2v) is 7.38. The summed E-state index contributed by atoms with van der Waals surface area (Å²) in [5, 5.41) is 0. The summed E-state index contributed by atoms with van der Waals surface area (Å²) >= 11 is 0. The highest BCUT2D eigenvalue weighted by Gasteiger charge is 2.42. The number of methoxy groups -OCH3 is 2. The smallest absolute Gasteiger partial charge is 0.277 e. The minimum absolute atomic E-state index is 0.263. The van der Waals surface area contributed by atoms with Crippen molar-refractivity contribution in [3.63, 3.8) is 0 Å². The van der Waals surface area contributed by atoms with E-state index in [-0.39, 0.29) is 11.8 Å². The number of hydrogen-bond donors (Lipinski definition) is 0. The third-order valence-electron chi connectivity index (χ3n) is 5.63. The molecule has 0 saturated carbocycles.